The van der Waals surface area contributed by atoms with Gasteiger partial charge in [0.25, 0.3) is 5.91 Å². The van der Waals surface area contributed by atoms with E-state index in [4.69, 9.17) is 14.6 Å². The molecule has 0 atom stereocenters. The summed E-state index contributed by atoms with van der Waals surface area (Å²) in [6, 6.07) is 21.0. The minimum Gasteiger partial charge on any atom is -0.497 e. The van der Waals surface area contributed by atoms with E-state index in [-0.39, 0.29) is 5.91 Å². The van der Waals surface area contributed by atoms with Crippen LogP contribution in [0.3, 0.4) is 0 Å². The number of aromatic nitrogens is 3. The van der Waals surface area contributed by atoms with Gasteiger partial charge in [-0.15, -0.1) is 0 Å². The Hall–Kier alpha value is -4.17. The third-order valence-corrected chi connectivity index (χ3v) is 5.66. The lowest BCUT2D eigenvalue weighted by molar-refractivity contribution is 0.102. The zero-order valence-corrected chi connectivity index (χ0v) is 18.8. The number of para-hydroxylation sites is 1. The summed E-state index contributed by atoms with van der Waals surface area (Å²) in [5.74, 6) is 1.30. The Morgan fingerprint density at radius 1 is 1.03 bits per heavy atom. The number of hydrogen-bond donors (Lipinski definition) is 1. The lowest BCUT2D eigenvalue weighted by Gasteiger charge is -2.27. The smallest absolute Gasteiger partial charge is 0.259 e. The van der Waals surface area contributed by atoms with Crippen LogP contribution >= 0.6 is 0 Å². The van der Waals surface area contributed by atoms with Crippen LogP contribution in [0.4, 0.5) is 11.5 Å². The number of morpholine rings is 1. The van der Waals surface area contributed by atoms with Gasteiger partial charge >= 0.3 is 0 Å². The van der Waals surface area contributed by atoms with Gasteiger partial charge in [-0.3, -0.25) is 4.79 Å². The number of ether oxygens (including phenoxy) is 2. The standard InChI is InChI=1S/C26H25N5O3/c1-33-22-9-5-6-19(16-22)25-23(18-31(29-25)21-7-3-2-4-8-21)26(32)28-20-10-11-24(27-17-20)30-12-14-34-15-13-30/h2-11,16-18H,12-15H2,1H3,(H,28,32). The SMILES string of the molecule is COc1cccc(-c2nn(-c3ccccc3)cc2C(=O)Nc2ccc(N3CCOCC3)nc2)c1. The molecule has 1 fully saturated rings. The molecule has 0 bridgehead atoms. The van der Waals surface area contributed by atoms with Crippen molar-refractivity contribution in [1.29, 1.82) is 0 Å². The number of carbonyl (C=O) groups excluding carboxylic acids is 1. The molecule has 0 aliphatic carbocycles. The molecule has 0 spiro atoms. The number of anilines is 2. The first-order valence-corrected chi connectivity index (χ1v) is 11.1. The van der Waals surface area contributed by atoms with Crippen molar-refractivity contribution < 1.29 is 14.3 Å². The molecule has 3 heterocycles. The number of carbonyl (C=O) groups is 1. The fourth-order valence-corrected chi connectivity index (χ4v) is 3.87. The van der Waals surface area contributed by atoms with E-state index in [1.165, 1.54) is 0 Å². The number of rotatable bonds is 6. The summed E-state index contributed by atoms with van der Waals surface area (Å²) < 4.78 is 12.5. The third-order valence-electron chi connectivity index (χ3n) is 5.66. The molecule has 8 heteroatoms. The van der Waals surface area contributed by atoms with Gasteiger partial charge in [-0.05, 0) is 36.4 Å². The highest BCUT2D eigenvalue weighted by molar-refractivity contribution is 6.08. The maximum Gasteiger partial charge on any atom is 0.259 e. The van der Waals surface area contributed by atoms with Gasteiger partial charge in [0, 0.05) is 24.8 Å². The van der Waals surface area contributed by atoms with Crippen molar-refractivity contribution in [2.24, 2.45) is 0 Å². The Balaban J connectivity index is 1.44. The average molecular weight is 456 g/mol. The lowest BCUT2D eigenvalue weighted by atomic mass is 10.1. The maximum atomic E-state index is 13.3. The van der Waals surface area contributed by atoms with E-state index in [1.54, 1.807) is 24.2 Å². The van der Waals surface area contributed by atoms with Crippen LogP contribution in [0, 0.1) is 0 Å². The van der Waals surface area contributed by atoms with Crippen molar-refractivity contribution >= 4 is 17.4 Å². The minimum atomic E-state index is -0.263. The second kappa shape index (κ2) is 9.76. The number of pyridine rings is 1. The molecule has 1 N–H and O–H groups in total. The van der Waals surface area contributed by atoms with Crippen LogP contribution in [0.2, 0.25) is 0 Å². The van der Waals surface area contributed by atoms with Crippen LogP contribution < -0.4 is 15.0 Å². The van der Waals surface area contributed by atoms with E-state index in [9.17, 15) is 4.79 Å². The number of benzene rings is 2. The predicted octanol–water partition coefficient (Wildman–Crippen LogP) is 4.03. The molecular weight excluding hydrogens is 430 g/mol. The number of amides is 1. The summed E-state index contributed by atoms with van der Waals surface area (Å²) in [6.45, 7) is 3.00. The Morgan fingerprint density at radius 2 is 1.85 bits per heavy atom. The Morgan fingerprint density at radius 3 is 2.59 bits per heavy atom. The number of nitrogens with one attached hydrogen (secondary N) is 1. The molecule has 0 radical (unpaired) electrons. The molecule has 8 nitrogen and oxygen atoms in total. The van der Waals surface area contributed by atoms with Gasteiger partial charge in [0.15, 0.2) is 0 Å². The van der Waals surface area contributed by atoms with Crippen molar-refractivity contribution in [2.45, 2.75) is 0 Å². The molecule has 1 amide bonds. The molecule has 4 aromatic rings. The van der Waals surface area contributed by atoms with Gasteiger partial charge in [-0.2, -0.15) is 5.10 Å². The zero-order valence-electron chi connectivity index (χ0n) is 18.8. The molecule has 2 aromatic heterocycles. The van der Waals surface area contributed by atoms with E-state index < -0.39 is 0 Å². The molecule has 34 heavy (non-hydrogen) atoms. The normalized spacial score (nSPS) is 13.5. The highest BCUT2D eigenvalue weighted by atomic mass is 16.5. The van der Waals surface area contributed by atoms with Crippen molar-refractivity contribution in [3.8, 4) is 22.7 Å². The largest absolute Gasteiger partial charge is 0.497 e. The summed E-state index contributed by atoms with van der Waals surface area (Å²) in [7, 11) is 1.61. The summed E-state index contributed by atoms with van der Waals surface area (Å²) in [5.41, 5.74) is 3.29. The summed E-state index contributed by atoms with van der Waals surface area (Å²) in [5, 5.41) is 7.69. The maximum absolute atomic E-state index is 13.3. The molecule has 172 valence electrons. The molecule has 2 aromatic carbocycles. The molecule has 1 aliphatic rings. The van der Waals surface area contributed by atoms with Crippen LogP contribution in [0.15, 0.2) is 79.1 Å². The Labute approximate surface area is 197 Å². The summed E-state index contributed by atoms with van der Waals surface area (Å²) in [4.78, 5) is 20.0. The minimum absolute atomic E-state index is 0.263. The third kappa shape index (κ3) is 4.62. The van der Waals surface area contributed by atoms with Crippen molar-refractivity contribution in [1.82, 2.24) is 14.8 Å². The fourth-order valence-electron chi connectivity index (χ4n) is 3.87. The predicted molar refractivity (Wildman–Crippen MR) is 131 cm³/mol. The molecule has 0 saturated carbocycles. The van der Waals surface area contributed by atoms with E-state index >= 15 is 0 Å². The van der Waals surface area contributed by atoms with E-state index in [0.717, 1.165) is 30.2 Å². The highest BCUT2D eigenvalue weighted by Crippen LogP contribution is 2.28. The van der Waals surface area contributed by atoms with Crippen LogP contribution in [-0.4, -0.2) is 54.1 Å². The van der Waals surface area contributed by atoms with Gasteiger partial charge < -0.3 is 19.7 Å². The fraction of sp³-hybridized carbons (Fsp3) is 0.192. The van der Waals surface area contributed by atoms with Gasteiger partial charge in [-0.25, -0.2) is 9.67 Å². The first kappa shape index (κ1) is 21.7. The number of hydrogen-bond acceptors (Lipinski definition) is 6. The summed E-state index contributed by atoms with van der Waals surface area (Å²) >= 11 is 0. The molecule has 5 rings (SSSR count). The van der Waals surface area contributed by atoms with Crippen LogP contribution in [-0.2, 0) is 4.74 Å². The van der Waals surface area contributed by atoms with Crippen molar-refractivity contribution in [3.63, 3.8) is 0 Å². The molecule has 1 saturated heterocycles. The Bertz CT molecular complexity index is 1270. The van der Waals surface area contributed by atoms with Crippen molar-refractivity contribution in [2.75, 3.05) is 43.6 Å². The molecule has 1 aliphatic heterocycles. The second-order valence-corrected chi connectivity index (χ2v) is 7.86. The Kier molecular flexibility index (Phi) is 6.22. The van der Waals surface area contributed by atoms with E-state index in [0.29, 0.717) is 35.9 Å². The van der Waals surface area contributed by atoms with Gasteiger partial charge in [-0.1, -0.05) is 30.3 Å². The summed E-state index contributed by atoms with van der Waals surface area (Å²) in [6.07, 6.45) is 3.42. The lowest BCUT2D eigenvalue weighted by Crippen LogP contribution is -2.36. The number of methoxy groups -OCH3 is 1. The quantitative estimate of drug-likeness (QED) is 0.473. The monoisotopic (exact) mass is 455 g/mol. The van der Waals surface area contributed by atoms with Crippen LogP contribution in [0.5, 0.6) is 5.75 Å². The first-order chi connectivity index (χ1) is 16.7. The van der Waals surface area contributed by atoms with Crippen LogP contribution in [0.1, 0.15) is 10.4 Å². The second-order valence-electron chi connectivity index (χ2n) is 7.86. The molecule has 0 unspecified atom stereocenters. The van der Waals surface area contributed by atoms with E-state index in [2.05, 4.69) is 15.2 Å². The van der Waals surface area contributed by atoms with Gasteiger partial charge in [0.1, 0.15) is 17.3 Å². The highest BCUT2D eigenvalue weighted by Gasteiger charge is 2.20. The number of nitrogens with zero attached hydrogens (tertiary/aromatic N) is 4. The van der Waals surface area contributed by atoms with Crippen molar-refractivity contribution in [3.05, 3.63) is 84.7 Å². The zero-order chi connectivity index (χ0) is 23.3. The van der Waals surface area contributed by atoms with E-state index in [1.807, 2.05) is 66.7 Å². The van der Waals surface area contributed by atoms with Gasteiger partial charge in [0.05, 0.1) is 43.5 Å². The topological polar surface area (TPSA) is 81.5 Å². The molecular formula is C26H25N5O3. The van der Waals surface area contributed by atoms with Gasteiger partial charge in [0.2, 0.25) is 0 Å². The van der Waals surface area contributed by atoms with Crippen LogP contribution in [0.25, 0.3) is 16.9 Å². The first-order valence-electron chi connectivity index (χ1n) is 11.1. The average Bonchev–Trinajstić information content (AvgIpc) is 3.36.